The predicted octanol–water partition coefficient (Wildman–Crippen LogP) is 8.73. The molecule has 7 rings (SSSR count). The van der Waals surface area contributed by atoms with Crippen LogP contribution in [0.5, 0.6) is 0 Å². The van der Waals surface area contributed by atoms with Crippen molar-refractivity contribution in [3.8, 4) is 33.6 Å². The summed E-state index contributed by atoms with van der Waals surface area (Å²) in [5.74, 6) is 0.760. The Balaban J connectivity index is 1.30. The van der Waals surface area contributed by atoms with Gasteiger partial charge in [0.25, 0.3) is 0 Å². The van der Waals surface area contributed by atoms with Crippen LogP contribution in [0.2, 0.25) is 0 Å². The Labute approximate surface area is 213 Å². The van der Waals surface area contributed by atoms with Crippen LogP contribution in [0, 0.1) is 0 Å². The number of benzene rings is 4. The molecular weight excluding hydrogens is 464 g/mol. The molecule has 168 valence electrons. The molecule has 0 saturated heterocycles. The third kappa shape index (κ3) is 3.35. The molecule has 0 radical (unpaired) electrons. The van der Waals surface area contributed by atoms with Gasteiger partial charge in [0.15, 0.2) is 5.82 Å². The zero-order valence-electron chi connectivity index (χ0n) is 19.4. The maximum atomic E-state index is 4.72. The first kappa shape index (κ1) is 21.0. The fourth-order valence-corrected chi connectivity index (χ4v) is 7.45. The maximum absolute atomic E-state index is 4.72. The monoisotopic (exact) mass is 486 g/mol. The molecule has 1 aliphatic heterocycles. The Morgan fingerprint density at radius 1 is 0.543 bits per heavy atom. The van der Waals surface area contributed by atoms with Crippen molar-refractivity contribution in [2.24, 2.45) is 0 Å². The fraction of sp³-hybridized carbons (Fsp3) is 0.0968. The molecule has 35 heavy (non-hydrogen) atoms. The average Bonchev–Trinajstić information content (AvgIpc) is 3.12. The SMILES string of the molecule is CC1(C)c2ccc(-c3ncc(-c4ccccc4)cn3)cc2-c2cc3c(cc21)Sc1ccccc1S3. The van der Waals surface area contributed by atoms with Gasteiger partial charge in [-0.3, -0.25) is 0 Å². The van der Waals surface area contributed by atoms with Crippen LogP contribution in [0.4, 0.5) is 0 Å². The predicted molar refractivity (Wildman–Crippen MR) is 145 cm³/mol. The van der Waals surface area contributed by atoms with Crippen LogP contribution in [0.3, 0.4) is 0 Å². The summed E-state index contributed by atoms with van der Waals surface area (Å²) in [5, 5.41) is 0. The van der Waals surface area contributed by atoms with Gasteiger partial charge in [-0.2, -0.15) is 0 Å². The van der Waals surface area contributed by atoms with Gasteiger partial charge >= 0.3 is 0 Å². The van der Waals surface area contributed by atoms with Crippen molar-refractivity contribution < 1.29 is 0 Å². The van der Waals surface area contributed by atoms with E-state index >= 15 is 0 Å². The summed E-state index contributed by atoms with van der Waals surface area (Å²) in [6.07, 6.45) is 3.84. The quantitative estimate of drug-likeness (QED) is 0.244. The van der Waals surface area contributed by atoms with Crippen LogP contribution in [-0.2, 0) is 5.41 Å². The highest BCUT2D eigenvalue weighted by Gasteiger charge is 2.37. The lowest BCUT2D eigenvalue weighted by atomic mass is 9.82. The second kappa shape index (κ2) is 7.84. The number of hydrogen-bond acceptors (Lipinski definition) is 4. The lowest BCUT2D eigenvalue weighted by Gasteiger charge is -2.24. The highest BCUT2D eigenvalue weighted by molar-refractivity contribution is 8.05. The molecule has 0 bridgehead atoms. The van der Waals surface area contributed by atoms with Crippen LogP contribution < -0.4 is 0 Å². The minimum absolute atomic E-state index is 0.0432. The zero-order valence-corrected chi connectivity index (χ0v) is 21.1. The normalized spacial score (nSPS) is 14.6. The second-order valence-corrected chi connectivity index (χ2v) is 11.7. The Bertz CT molecular complexity index is 1610. The van der Waals surface area contributed by atoms with Crippen LogP contribution >= 0.6 is 23.5 Å². The summed E-state index contributed by atoms with van der Waals surface area (Å²) >= 11 is 3.76. The molecule has 5 aromatic rings. The molecule has 1 aromatic heterocycles. The molecule has 0 N–H and O–H groups in total. The molecule has 2 nitrogen and oxygen atoms in total. The molecule has 4 aromatic carbocycles. The van der Waals surface area contributed by atoms with Crippen molar-refractivity contribution in [2.75, 3.05) is 0 Å². The highest BCUT2D eigenvalue weighted by Crippen LogP contribution is 2.55. The number of nitrogens with zero attached hydrogens (tertiary/aromatic N) is 2. The summed E-state index contributed by atoms with van der Waals surface area (Å²) in [4.78, 5) is 14.8. The molecule has 0 fully saturated rings. The van der Waals surface area contributed by atoms with Crippen LogP contribution in [0.25, 0.3) is 33.6 Å². The summed E-state index contributed by atoms with van der Waals surface area (Å²) in [5.41, 5.74) is 8.57. The first-order chi connectivity index (χ1) is 17.1. The van der Waals surface area contributed by atoms with E-state index in [4.69, 9.17) is 9.97 Å². The standard InChI is InChI=1S/C31H22N2S2/c1-31(2)24-13-12-20(30-32-17-21(18-33-30)19-8-4-3-5-9-19)14-22(24)23-15-28-29(16-25(23)31)35-27-11-7-6-10-26(27)34-28/h3-18H,1-2H3. The Kier molecular flexibility index (Phi) is 4.70. The molecule has 0 amide bonds. The second-order valence-electron chi connectivity index (χ2n) is 9.54. The third-order valence-electron chi connectivity index (χ3n) is 7.05. The van der Waals surface area contributed by atoms with Crippen molar-refractivity contribution in [3.05, 3.63) is 108 Å². The third-order valence-corrected chi connectivity index (χ3v) is 9.57. The van der Waals surface area contributed by atoms with Crippen molar-refractivity contribution in [2.45, 2.75) is 38.8 Å². The van der Waals surface area contributed by atoms with Gasteiger partial charge in [-0.05, 0) is 58.1 Å². The Morgan fingerprint density at radius 2 is 1.17 bits per heavy atom. The van der Waals surface area contributed by atoms with Crippen molar-refractivity contribution in [1.29, 1.82) is 0 Å². The topological polar surface area (TPSA) is 25.8 Å². The summed E-state index contributed by atoms with van der Waals surface area (Å²) < 4.78 is 0. The Hall–Kier alpha value is -3.34. The minimum atomic E-state index is -0.0432. The van der Waals surface area contributed by atoms with E-state index in [1.165, 1.54) is 41.8 Å². The van der Waals surface area contributed by atoms with Crippen LogP contribution in [0.1, 0.15) is 25.0 Å². The Morgan fingerprint density at radius 3 is 1.89 bits per heavy atom. The molecule has 4 heteroatoms. The average molecular weight is 487 g/mol. The van der Waals surface area contributed by atoms with Gasteiger partial charge in [-0.1, -0.05) is 92.0 Å². The summed E-state index contributed by atoms with van der Waals surface area (Å²) in [7, 11) is 0. The maximum Gasteiger partial charge on any atom is 0.159 e. The lowest BCUT2D eigenvalue weighted by molar-refractivity contribution is 0.657. The molecule has 1 aliphatic carbocycles. The number of hydrogen-bond donors (Lipinski definition) is 0. The zero-order chi connectivity index (χ0) is 23.6. The van der Waals surface area contributed by atoms with E-state index in [-0.39, 0.29) is 5.41 Å². The van der Waals surface area contributed by atoms with E-state index in [1.54, 1.807) is 0 Å². The van der Waals surface area contributed by atoms with Crippen LogP contribution in [-0.4, -0.2) is 9.97 Å². The van der Waals surface area contributed by atoms with Gasteiger partial charge in [0, 0.05) is 48.5 Å². The van der Waals surface area contributed by atoms with E-state index in [0.29, 0.717) is 0 Å². The smallest absolute Gasteiger partial charge is 0.159 e. The number of fused-ring (bicyclic) bond motifs is 5. The van der Waals surface area contributed by atoms with Gasteiger partial charge in [0.05, 0.1) is 0 Å². The fourth-order valence-electron chi connectivity index (χ4n) is 5.17. The van der Waals surface area contributed by atoms with Gasteiger partial charge < -0.3 is 0 Å². The summed E-state index contributed by atoms with van der Waals surface area (Å²) in [6.45, 7) is 4.67. The largest absolute Gasteiger partial charge is 0.236 e. The molecule has 0 spiro atoms. The lowest BCUT2D eigenvalue weighted by Crippen LogP contribution is -2.15. The van der Waals surface area contributed by atoms with E-state index in [0.717, 1.165) is 22.5 Å². The minimum Gasteiger partial charge on any atom is -0.236 e. The van der Waals surface area contributed by atoms with E-state index in [9.17, 15) is 0 Å². The number of aromatic nitrogens is 2. The molecule has 0 saturated carbocycles. The summed E-state index contributed by atoms with van der Waals surface area (Å²) in [6, 6.07) is 30.5. The first-order valence-electron chi connectivity index (χ1n) is 11.7. The molecule has 2 heterocycles. The highest BCUT2D eigenvalue weighted by atomic mass is 32.2. The van der Waals surface area contributed by atoms with Gasteiger partial charge in [0.1, 0.15) is 0 Å². The molecule has 2 aliphatic rings. The molecular formula is C31H22N2S2. The molecule has 0 unspecified atom stereocenters. The van der Waals surface area contributed by atoms with Gasteiger partial charge in [-0.25, -0.2) is 9.97 Å². The van der Waals surface area contributed by atoms with Crippen LogP contribution in [0.15, 0.2) is 117 Å². The van der Waals surface area contributed by atoms with Crippen molar-refractivity contribution in [1.82, 2.24) is 9.97 Å². The van der Waals surface area contributed by atoms with Crippen molar-refractivity contribution >= 4 is 23.5 Å². The van der Waals surface area contributed by atoms with E-state index < -0.39 is 0 Å². The van der Waals surface area contributed by atoms with E-state index in [2.05, 4.69) is 80.6 Å². The number of rotatable bonds is 2. The first-order valence-corrected chi connectivity index (χ1v) is 13.4. The van der Waals surface area contributed by atoms with Gasteiger partial charge in [-0.15, -0.1) is 0 Å². The van der Waals surface area contributed by atoms with Gasteiger partial charge in [0.2, 0.25) is 0 Å². The molecule has 0 atom stereocenters. The van der Waals surface area contributed by atoms with E-state index in [1.807, 2.05) is 54.1 Å². The van der Waals surface area contributed by atoms with Crippen molar-refractivity contribution in [3.63, 3.8) is 0 Å².